The van der Waals surface area contributed by atoms with Crippen LogP contribution in [-0.4, -0.2) is 47.2 Å². The molecule has 3 N–H and O–H groups in total. The lowest BCUT2D eigenvalue weighted by atomic mass is 10.0. The molecule has 0 spiro atoms. The third-order valence-electron chi connectivity index (χ3n) is 6.15. The molecule has 0 bridgehead atoms. The molecule has 11 heteroatoms. The van der Waals surface area contributed by atoms with E-state index in [1.54, 1.807) is 24.5 Å². The number of hydrogen-bond acceptors (Lipinski definition) is 8. The number of hydrogen-bond donors (Lipinski definition) is 3. The third kappa shape index (κ3) is 5.84. The van der Waals surface area contributed by atoms with Gasteiger partial charge in [0.15, 0.2) is 0 Å². The molecule has 0 radical (unpaired) electrons. The van der Waals surface area contributed by atoms with Crippen molar-refractivity contribution in [2.24, 2.45) is 0 Å². The molecule has 192 valence electrons. The molecular formula is C26H27BrN6O3S. The smallest absolute Gasteiger partial charge is 0.242 e. The number of alkyl halides is 1. The van der Waals surface area contributed by atoms with Gasteiger partial charge in [0.2, 0.25) is 21.9 Å². The zero-order valence-electron chi connectivity index (χ0n) is 20.2. The van der Waals surface area contributed by atoms with E-state index in [-0.39, 0.29) is 10.7 Å². The molecule has 1 atom stereocenters. The first-order valence-corrected chi connectivity index (χ1v) is 14.7. The average Bonchev–Trinajstić information content (AvgIpc) is 2.91. The topological polar surface area (TPSA) is 118 Å². The van der Waals surface area contributed by atoms with Crippen LogP contribution in [0.4, 0.5) is 11.6 Å². The number of piperidine rings is 1. The van der Waals surface area contributed by atoms with Crippen LogP contribution in [0.25, 0.3) is 22.0 Å². The molecule has 0 saturated carbocycles. The van der Waals surface area contributed by atoms with Crippen LogP contribution in [0.3, 0.4) is 0 Å². The Morgan fingerprint density at radius 1 is 1.08 bits per heavy atom. The molecule has 0 unspecified atom stereocenters. The molecule has 9 nitrogen and oxygen atoms in total. The largest absolute Gasteiger partial charge is 0.437 e. The average molecular weight is 584 g/mol. The number of aryl methyl sites for hydroxylation is 1. The van der Waals surface area contributed by atoms with E-state index >= 15 is 0 Å². The van der Waals surface area contributed by atoms with Crippen LogP contribution in [0.2, 0.25) is 0 Å². The van der Waals surface area contributed by atoms with E-state index in [4.69, 9.17) is 9.72 Å². The molecule has 2 aromatic heterocycles. The molecule has 2 aromatic carbocycles. The minimum atomic E-state index is -3.51. The maximum Gasteiger partial charge on any atom is 0.242 e. The van der Waals surface area contributed by atoms with Gasteiger partial charge in [0.25, 0.3) is 0 Å². The fourth-order valence-corrected chi connectivity index (χ4v) is 5.27. The number of rotatable bonds is 8. The van der Waals surface area contributed by atoms with Gasteiger partial charge in [0.05, 0.1) is 16.9 Å². The summed E-state index contributed by atoms with van der Waals surface area (Å²) in [5.74, 6) is 1.55. The maximum atomic E-state index is 12.2. The highest BCUT2D eigenvalue weighted by atomic mass is 79.9. The lowest BCUT2D eigenvalue weighted by molar-refractivity contribution is 0.466. The number of fused-ring (bicyclic) bond motifs is 1. The molecule has 4 aromatic rings. The van der Waals surface area contributed by atoms with Crippen molar-refractivity contribution in [3.8, 4) is 22.9 Å². The van der Waals surface area contributed by atoms with Crippen LogP contribution in [0.1, 0.15) is 18.4 Å². The fourth-order valence-electron chi connectivity index (χ4n) is 4.36. The molecule has 0 amide bonds. The number of ether oxygens (including phenoxy) is 1. The van der Waals surface area contributed by atoms with Crippen molar-refractivity contribution in [1.82, 2.24) is 20.3 Å². The number of benzene rings is 2. The first kappa shape index (κ1) is 25.4. The Kier molecular flexibility index (Phi) is 7.54. The third-order valence-corrected chi connectivity index (χ3v) is 8.78. The zero-order valence-corrected chi connectivity index (χ0v) is 22.6. The summed E-state index contributed by atoms with van der Waals surface area (Å²) in [5, 5.41) is 8.29. The molecule has 1 fully saturated rings. The molecule has 5 rings (SSSR count). The Balaban J connectivity index is 1.50. The lowest BCUT2D eigenvalue weighted by Crippen LogP contribution is -2.38. The van der Waals surface area contributed by atoms with Crippen molar-refractivity contribution in [1.29, 1.82) is 0 Å². The zero-order chi connectivity index (χ0) is 25.8. The van der Waals surface area contributed by atoms with Crippen LogP contribution in [0.15, 0.2) is 60.9 Å². The van der Waals surface area contributed by atoms with Gasteiger partial charge in [-0.2, -0.15) is 0 Å². The van der Waals surface area contributed by atoms with Crippen molar-refractivity contribution < 1.29 is 13.2 Å². The second kappa shape index (κ2) is 11.0. The predicted molar refractivity (Wildman–Crippen MR) is 150 cm³/mol. The highest BCUT2D eigenvalue weighted by Crippen LogP contribution is 2.38. The van der Waals surface area contributed by atoms with Crippen LogP contribution < -0.4 is 20.1 Å². The minimum Gasteiger partial charge on any atom is -0.437 e. The molecule has 37 heavy (non-hydrogen) atoms. The van der Waals surface area contributed by atoms with E-state index < -0.39 is 10.0 Å². The van der Waals surface area contributed by atoms with E-state index in [1.807, 2.05) is 43.3 Å². The molecule has 1 saturated heterocycles. The highest BCUT2D eigenvalue weighted by Gasteiger charge is 2.18. The van der Waals surface area contributed by atoms with Crippen LogP contribution in [0, 0.1) is 6.92 Å². The Labute approximate surface area is 224 Å². The standard InChI is InChI=1S/C26H27BrN6O3S/c1-17-9-10-19-20(6-2-8-23(19)33-37(34,35)16-27)24(17)36-25-21(7-4-13-29-25)22-11-14-30-26(32-22)31-18-5-3-12-28-15-18/h2,4,6-11,13-14,18,28,33H,3,5,12,15-16H2,1H3,(H,30,31,32)/t18-/m0/s1. The highest BCUT2D eigenvalue weighted by molar-refractivity contribution is 9.10. The van der Waals surface area contributed by atoms with Crippen LogP contribution in [-0.2, 0) is 10.0 Å². The fraction of sp³-hybridized carbons (Fsp3) is 0.269. The summed E-state index contributed by atoms with van der Waals surface area (Å²) in [6, 6.07) is 15.1. The summed E-state index contributed by atoms with van der Waals surface area (Å²) in [6.45, 7) is 3.85. The van der Waals surface area contributed by atoms with E-state index in [9.17, 15) is 8.42 Å². The monoisotopic (exact) mass is 582 g/mol. The summed E-state index contributed by atoms with van der Waals surface area (Å²) in [6.07, 6.45) is 5.57. The van der Waals surface area contributed by atoms with E-state index in [0.29, 0.717) is 29.0 Å². The summed E-state index contributed by atoms with van der Waals surface area (Å²) < 4.78 is 33.2. The second-order valence-corrected chi connectivity index (χ2v) is 11.9. The normalized spacial score (nSPS) is 15.9. The molecule has 1 aliphatic rings. The lowest BCUT2D eigenvalue weighted by Gasteiger charge is -2.23. The molecular weight excluding hydrogens is 556 g/mol. The number of nitrogens with zero attached hydrogens (tertiary/aromatic N) is 3. The minimum absolute atomic E-state index is 0.198. The number of pyridine rings is 1. The van der Waals surface area contributed by atoms with E-state index in [2.05, 4.69) is 41.3 Å². The number of sulfonamides is 1. The number of nitrogens with one attached hydrogen (secondary N) is 3. The van der Waals surface area contributed by atoms with Crippen molar-refractivity contribution in [2.75, 3.05) is 27.8 Å². The summed E-state index contributed by atoms with van der Waals surface area (Å²) >= 11 is 3.02. The number of halogens is 1. The quantitative estimate of drug-likeness (QED) is 0.247. The summed E-state index contributed by atoms with van der Waals surface area (Å²) in [4.78, 5) is 13.6. The van der Waals surface area contributed by atoms with E-state index in [1.165, 1.54) is 0 Å². The van der Waals surface area contributed by atoms with Gasteiger partial charge in [-0.05, 0) is 56.1 Å². The summed E-state index contributed by atoms with van der Waals surface area (Å²) in [5.41, 5.74) is 2.78. The Morgan fingerprint density at radius 2 is 1.97 bits per heavy atom. The Bertz CT molecular complexity index is 1530. The van der Waals surface area contributed by atoms with Crippen molar-refractivity contribution in [2.45, 2.75) is 25.8 Å². The first-order valence-electron chi connectivity index (χ1n) is 12.0. The predicted octanol–water partition coefficient (Wildman–Crippen LogP) is 5.05. The van der Waals surface area contributed by atoms with Crippen LogP contribution >= 0.6 is 15.9 Å². The molecule has 1 aliphatic heterocycles. The van der Waals surface area contributed by atoms with Gasteiger partial charge < -0.3 is 15.4 Å². The Hall–Kier alpha value is -3.28. The second-order valence-electron chi connectivity index (χ2n) is 8.85. The van der Waals surface area contributed by atoms with E-state index in [0.717, 1.165) is 47.8 Å². The van der Waals surface area contributed by atoms with Gasteiger partial charge in [-0.15, -0.1) is 0 Å². The van der Waals surface area contributed by atoms with Crippen molar-refractivity contribution in [3.05, 3.63) is 66.5 Å². The van der Waals surface area contributed by atoms with Gasteiger partial charge >= 0.3 is 0 Å². The van der Waals surface area contributed by atoms with Gasteiger partial charge in [-0.25, -0.2) is 23.4 Å². The van der Waals surface area contributed by atoms with Crippen molar-refractivity contribution in [3.63, 3.8) is 0 Å². The maximum absolute atomic E-state index is 12.2. The van der Waals surface area contributed by atoms with Gasteiger partial charge in [0, 0.05) is 35.8 Å². The van der Waals surface area contributed by atoms with Gasteiger partial charge in [0.1, 0.15) is 10.4 Å². The number of aromatic nitrogens is 3. The van der Waals surface area contributed by atoms with Crippen LogP contribution in [0.5, 0.6) is 11.6 Å². The SMILES string of the molecule is Cc1ccc2c(NS(=O)(=O)CBr)cccc2c1Oc1ncccc1-c1ccnc(N[C@H]2CCCNC2)n1. The van der Waals surface area contributed by atoms with Gasteiger partial charge in [-0.3, -0.25) is 4.72 Å². The molecule has 0 aliphatic carbocycles. The van der Waals surface area contributed by atoms with Crippen molar-refractivity contribution >= 4 is 48.4 Å². The Morgan fingerprint density at radius 3 is 2.78 bits per heavy atom. The first-order chi connectivity index (χ1) is 17.9. The summed E-state index contributed by atoms with van der Waals surface area (Å²) in [7, 11) is -3.51. The molecule has 3 heterocycles. The van der Waals surface area contributed by atoms with Gasteiger partial charge in [-0.1, -0.05) is 40.2 Å². The number of anilines is 2.